The molecule has 1 heterocycles. The molecule has 1 aromatic carbocycles. The summed E-state index contributed by atoms with van der Waals surface area (Å²) in [7, 11) is 0. The number of ether oxygens (including phenoxy) is 2. The highest BCUT2D eigenvalue weighted by molar-refractivity contribution is 6.30. The zero-order chi connectivity index (χ0) is 26.8. The summed E-state index contributed by atoms with van der Waals surface area (Å²) in [6.45, 7) is -0.690. The zero-order valence-corrected chi connectivity index (χ0v) is 20.4. The van der Waals surface area contributed by atoms with Gasteiger partial charge in [-0.25, -0.2) is 9.37 Å². The molecule has 0 spiro atoms. The lowest BCUT2D eigenvalue weighted by atomic mass is 9.54. The Hall–Kier alpha value is -2.92. The number of rotatable bonds is 9. The minimum absolute atomic E-state index is 0.00886. The first kappa shape index (κ1) is 27.1. The van der Waals surface area contributed by atoms with E-state index in [0.717, 1.165) is 24.4 Å². The first-order valence-corrected chi connectivity index (χ1v) is 12.0. The number of alkyl halides is 3. The number of amides is 1. The Kier molecular flexibility index (Phi) is 7.66. The molecule has 7 nitrogen and oxygen atoms in total. The third kappa shape index (κ3) is 6.32. The van der Waals surface area contributed by atoms with Crippen LogP contribution in [0.15, 0.2) is 36.5 Å². The Balaban J connectivity index is 1.26. The van der Waals surface area contributed by atoms with Crippen molar-refractivity contribution in [3.05, 3.63) is 53.1 Å². The number of halogens is 5. The largest absolute Gasteiger partial charge is 0.486 e. The Morgan fingerprint density at radius 2 is 1.76 bits per heavy atom. The van der Waals surface area contributed by atoms with Crippen LogP contribution >= 0.6 is 11.6 Å². The fourth-order valence-electron chi connectivity index (χ4n) is 5.12. The lowest BCUT2D eigenvalue weighted by Gasteiger charge is -2.56. The lowest BCUT2D eigenvalue weighted by Crippen LogP contribution is -2.65. The zero-order valence-electron chi connectivity index (χ0n) is 19.6. The average molecular weight is 545 g/mol. The van der Waals surface area contributed by atoms with Gasteiger partial charge in [0.05, 0.1) is 22.9 Å². The first-order valence-electron chi connectivity index (χ1n) is 11.6. The Bertz CT molecular complexity index is 1150. The lowest BCUT2D eigenvalue weighted by molar-refractivity contribution is -0.141. The molecular formula is C25H25ClF4N2O5. The highest BCUT2D eigenvalue weighted by Gasteiger charge is 2.55. The first-order chi connectivity index (χ1) is 17.4. The van der Waals surface area contributed by atoms with Crippen molar-refractivity contribution < 1.29 is 41.7 Å². The van der Waals surface area contributed by atoms with Crippen molar-refractivity contribution in [2.45, 2.75) is 56.3 Å². The van der Waals surface area contributed by atoms with Crippen molar-refractivity contribution in [1.82, 2.24) is 10.3 Å². The van der Waals surface area contributed by atoms with Gasteiger partial charge >= 0.3 is 6.18 Å². The number of nitrogens with zero attached hydrogens (tertiary/aromatic N) is 1. The predicted molar refractivity (Wildman–Crippen MR) is 124 cm³/mol. The minimum Gasteiger partial charge on any atom is -0.486 e. The third-order valence-corrected chi connectivity index (χ3v) is 7.42. The van der Waals surface area contributed by atoms with E-state index in [4.69, 9.17) is 21.1 Å². The van der Waals surface area contributed by atoms with E-state index in [-0.39, 0.29) is 35.3 Å². The van der Waals surface area contributed by atoms with Gasteiger partial charge in [-0.2, -0.15) is 13.2 Å². The second-order valence-electron chi connectivity index (χ2n) is 9.67. The predicted octanol–water partition coefficient (Wildman–Crippen LogP) is 4.49. The second-order valence-corrected chi connectivity index (χ2v) is 10.1. The van der Waals surface area contributed by atoms with Gasteiger partial charge in [0.25, 0.3) is 5.91 Å². The molecule has 0 radical (unpaired) electrons. The maximum atomic E-state index is 13.6. The van der Waals surface area contributed by atoms with Crippen LogP contribution in [0.2, 0.25) is 5.02 Å². The highest BCUT2D eigenvalue weighted by Crippen LogP contribution is 2.54. The minimum atomic E-state index is -4.57. The maximum absolute atomic E-state index is 13.6. The summed E-state index contributed by atoms with van der Waals surface area (Å²) in [6, 6.07) is 5.76. The van der Waals surface area contributed by atoms with E-state index >= 15 is 0 Å². The number of benzene rings is 1. The number of ketones is 1. The summed E-state index contributed by atoms with van der Waals surface area (Å²) in [6.07, 6.45) is -1.93. The van der Waals surface area contributed by atoms with Crippen molar-refractivity contribution in [3.8, 4) is 11.5 Å². The van der Waals surface area contributed by atoms with Crippen molar-refractivity contribution >= 4 is 23.3 Å². The van der Waals surface area contributed by atoms with Gasteiger partial charge in [0.15, 0.2) is 12.4 Å². The van der Waals surface area contributed by atoms with Crippen LogP contribution in [-0.2, 0) is 15.8 Å². The molecule has 0 saturated heterocycles. The molecule has 37 heavy (non-hydrogen) atoms. The molecule has 3 saturated carbocycles. The van der Waals surface area contributed by atoms with Gasteiger partial charge in [-0.15, -0.1) is 0 Å². The van der Waals surface area contributed by atoms with Crippen LogP contribution in [0.1, 0.15) is 44.2 Å². The smallest absolute Gasteiger partial charge is 0.433 e. The number of aromatic nitrogens is 1. The summed E-state index contributed by atoms with van der Waals surface area (Å²) < 4.78 is 62.0. The number of carbonyl (C=O) groups excluding carboxylic acids is 2. The van der Waals surface area contributed by atoms with Crippen molar-refractivity contribution in [3.63, 3.8) is 0 Å². The molecule has 1 atom stereocenters. The number of aliphatic hydroxyl groups excluding tert-OH is 1. The summed E-state index contributed by atoms with van der Waals surface area (Å²) in [5.41, 5.74) is -2.34. The summed E-state index contributed by atoms with van der Waals surface area (Å²) in [5.74, 6) is -1.15. The molecule has 0 aliphatic heterocycles. The summed E-state index contributed by atoms with van der Waals surface area (Å²) >= 11 is 5.64. The Morgan fingerprint density at radius 1 is 1.08 bits per heavy atom. The molecule has 3 aliphatic carbocycles. The van der Waals surface area contributed by atoms with E-state index < -0.39 is 47.3 Å². The molecule has 200 valence electrons. The van der Waals surface area contributed by atoms with Crippen LogP contribution in [0.3, 0.4) is 0 Å². The standard InChI is InChI=1S/C25H25ClF4N2O5/c26-18-3-1-16(9-19(18)27)36-13-15(33)10-23-5-7-24(8-6-23,21(34)11-23)32-22(35)14-37-17-2-4-20(31-12-17)25(28,29)30/h1-4,9,12,21,34H,5-8,10-11,13-14H2,(H,32,35)/t21-,23?,24?/m0/s1. The Labute approximate surface area is 215 Å². The van der Waals surface area contributed by atoms with Crippen LogP contribution in [0, 0.1) is 11.2 Å². The van der Waals surface area contributed by atoms with Crippen LogP contribution < -0.4 is 14.8 Å². The topological polar surface area (TPSA) is 97.8 Å². The Morgan fingerprint density at radius 3 is 2.35 bits per heavy atom. The quantitative estimate of drug-likeness (QED) is 0.452. The number of hydrogen-bond acceptors (Lipinski definition) is 6. The molecule has 0 unspecified atom stereocenters. The van der Waals surface area contributed by atoms with Gasteiger partial charge in [-0.3, -0.25) is 9.59 Å². The molecule has 1 aromatic heterocycles. The van der Waals surface area contributed by atoms with Crippen molar-refractivity contribution in [2.75, 3.05) is 13.2 Å². The van der Waals surface area contributed by atoms with Gasteiger partial charge in [-0.05, 0) is 61.8 Å². The van der Waals surface area contributed by atoms with E-state index in [1.165, 1.54) is 12.1 Å². The highest BCUT2D eigenvalue weighted by atomic mass is 35.5. The molecule has 12 heteroatoms. The van der Waals surface area contributed by atoms with Crippen LogP contribution in [0.5, 0.6) is 11.5 Å². The van der Waals surface area contributed by atoms with E-state index in [2.05, 4.69) is 10.3 Å². The second kappa shape index (κ2) is 10.4. The fourth-order valence-corrected chi connectivity index (χ4v) is 5.24. The molecule has 2 N–H and O–H groups in total. The van der Waals surface area contributed by atoms with Crippen molar-refractivity contribution in [2.24, 2.45) is 5.41 Å². The molecule has 3 aliphatic rings. The van der Waals surface area contributed by atoms with Crippen LogP contribution in [-0.4, -0.2) is 46.6 Å². The summed E-state index contributed by atoms with van der Waals surface area (Å²) in [4.78, 5) is 28.4. The number of hydrogen-bond donors (Lipinski definition) is 2. The van der Waals surface area contributed by atoms with Gasteiger partial charge in [0.1, 0.15) is 29.6 Å². The molecule has 2 bridgehead atoms. The number of carbonyl (C=O) groups is 2. The van der Waals surface area contributed by atoms with Crippen molar-refractivity contribution in [1.29, 1.82) is 0 Å². The van der Waals surface area contributed by atoms with E-state index in [1.807, 2.05) is 0 Å². The number of Topliss-reactive ketones (excluding diaryl/α,β-unsaturated/α-hetero) is 1. The van der Waals surface area contributed by atoms with Crippen LogP contribution in [0.25, 0.3) is 0 Å². The third-order valence-electron chi connectivity index (χ3n) is 7.12. The number of fused-ring (bicyclic) bond motifs is 3. The van der Waals surface area contributed by atoms with Gasteiger partial charge in [0.2, 0.25) is 0 Å². The molecule has 3 fully saturated rings. The number of pyridine rings is 1. The summed E-state index contributed by atoms with van der Waals surface area (Å²) in [5, 5.41) is 13.7. The fraction of sp³-hybridized carbons (Fsp3) is 0.480. The van der Waals surface area contributed by atoms with Gasteiger partial charge in [0, 0.05) is 12.5 Å². The monoisotopic (exact) mass is 544 g/mol. The van der Waals surface area contributed by atoms with E-state index in [0.29, 0.717) is 32.1 Å². The van der Waals surface area contributed by atoms with E-state index in [9.17, 15) is 32.3 Å². The molecular weight excluding hydrogens is 520 g/mol. The molecule has 5 rings (SSSR count). The number of aliphatic hydroxyl groups is 1. The van der Waals surface area contributed by atoms with Gasteiger partial charge < -0.3 is 19.9 Å². The van der Waals surface area contributed by atoms with Gasteiger partial charge in [-0.1, -0.05) is 11.6 Å². The average Bonchev–Trinajstić information content (AvgIpc) is 2.84. The molecule has 1 amide bonds. The van der Waals surface area contributed by atoms with Crippen LogP contribution in [0.4, 0.5) is 17.6 Å². The SMILES string of the molecule is O=C(COc1ccc(Cl)c(F)c1)CC12CCC(NC(=O)COc3ccc(C(F)(F)F)nc3)(CC1)[C@@H](O)C2. The normalized spacial score (nSPS) is 25.0. The molecule has 2 aromatic rings. The number of nitrogens with one attached hydrogen (secondary N) is 1. The van der Waals surface area contributed by atoms with E-state index in [1.54, 1.807) is 0 Å². The maximum Gasteiger partial charge on any atom is 0.433 e.